The van der Waals surface area contributed by atoms with Crippen LogP contribution in [0, 0.1) is 35.0 Å². The highest BCUT2D eigenvalue weighted by atomic mass is 14.4. The predicted molar refractivity (Wildman–Crippen MR) is 82.7 cm³/mol. The van der Waals surface area contributed by atoms with Crippen molar-refractivity contribution in [3.63, 3.8) is 0 Å². The Morgan fingerprint density at radius 1 is 0.944 bits per heavy atom. The third-order valence-corrected chi connectivity index (χ3v) is 5.95. The maximum absolute atomic E-state index is 2.51. The van der Waals surface area contributed by atoms with Crippen molar-refractivity contribution in [2.45, 2.75) is 80.6 Å². The molecule has 0 heteroatoms. The molecule has 1 saturated carbocycles. The van der Waals surface area contributed by atoms with Crippen molar-refractivity contribution in [3.8, 4) is 0 Å². The van der Waals surface area contributed by atoms with E-state index in [1.165, 1.54) is 32.1 Å². The molecule has 1 aliphatic carbocycles. The first kappa shape index (κ1) is 16.1. The van der Waals surface area contributed by atoms with Crippen molar-refractivity contribution in [3.05, 3.63) is 0 Å². The summed E-state index contributed by atoms with van der Waals surface area (Å²) in [6, 6.07) is 0. The molecule has 0 N–H and O–H groups in total. The standard InChI is InChI=1S/C18H36/c1-13(2)16(5)18(6,7)12-15(4)17-10-8-14(3)9-11-17/h13-17H,8-12H2,1-7H3. The summed E-state index contributed by atoms with van der Waals surface area (Å²) in [5.74, 6) is 4.52. The topological polar surface area (TPSA) is 0 Å². The first-order valence-corrected chi connectivity index (χ1v) is 8.24. The molecule has 1 aliphatic rings. The van der Waals surface area contributed by atoms with E-state index in [1.54, 1.807) is 0 Å². The van der Waals surface area contributed by atoms with Gasteiger partial charge in [-0.2, -0.15) is 0 Å². The number of hydrogen-bond acceptors (Lipinski definition) is 0. The molecule has 0 spiro atoms. The van der Waals surface area contributed by atoms with E-state index in [0.717, 1.165) is 29.6 Å². The molecular weight excluding hydrogens is 216 g/mol. The van der Waals surface area contributed by atoms with Crippen LogP contribution in [0.1, 0.15) is 80.6 Å². The summed E-state index contributed by atoms with van der Waals surface area (Å²) < 4.78 is 0. The fourth-order valence-electron chi connectivity index (χ4n) is 3.94. The number of rotatable bonds is 5. The molecule has 0 radical (unpaired) electrons. The summed E-state index contributed by atoms with van der Waals surface area (Å²) in [6.45, 7) is 17.1. The van der Waals surface area contributed by atoms with Crippen molar-refractivity contribution in [1.82, 2.24) is 0 Å². The molecule has 2 atom stereocenters. The summed E-state index contributed by atoms with van der Waals surface area (Å²) in [6.07, 6.45) is 7.30. The summed E-state index contributed by atoms with van der Waals surface area (Å²) in [4.78, 5) is 0. The van der Waals surface area contributed by atoms with Gasteiger partial charge in [-0.05, 0) is 54.3 Å². The van der Waals surface area contributed by atoms with Crippen LogP contribution in [0.4, 0.5) is 0 Å². The highest BCUT2D eigenvalue weighted by molar-refractivity contribution is 4.83. The lowest BCUT2D eigenvalue weighted by molar-refractivity contribution is 0.103. The zero-order chi connectivity index (χ0) is 13.9. The minimum atomic E-state index is 0.497. The molecule has 1 fully saturated rings. The van der Waals surface area contributed by atoms with Crippen molar-refractivity contribution in [2.24, 2.45) is 35.0 Å². The van der Waals surface area contributed by atoms with E-state index in [0.29, 0.717) is 5.41 Å². The molecule has 0 nitrogen and oxygen atoms in total. The Morgan fingerprint density at radius 2 is 1.44 bits per heavy atom. The van der Waals surface area contributed by atoms with E-state index in [-0.39, 0.29) is 0 Å². The van der Waals surface area contributed by atoms with E-state index < -0.39 is 0 Å². The van der Waals surface area contributed by atoms with Crippen LogP contribution < -0.4 is 0 Å². The quantitative estimate of drug-likeness (QED) is 0.550. The van der Waals surface area contributed by atoms with Gasteiger partial charge in [0.05, 0.1) is 0 Å². The summed E-state index contributed by atoms with van der Waals surface area (Å²) in [5, 5.41) is 0. The Morgan fingerprint density at radius 3 is 1.89 bits per heavy atom. The maximum atomic E-state index is 2.51. The molecule has 0 aliphatic heterocycles. The molecule has 108 valence electrons. The van der Waals surface area contributed by atoms with Crippen LogP contribution in [0.3, 0.4) is 0 Å². The summed E-state index contributed by atoms with van der Waals surface area (Å²) >= 11 is 0. The van der Waals surface area contributed by atoms with Gasteiger partial charge < -0.3 is 0 Å². The average molecular weight is 252 g/mol. The zero-order valence-electron chi connectivity index (χ0n) is 13.9. The van der Waals surface area contributed by atoms with Crippen LogP contribution in [-0.2, 0) is 0 Å². The Labute approximate surface area is 116 Å². The van der Waals surface area contributed by atoms with Gasteiger partial charge in [0.1, 0.15) is 0 Å². The molecule has 18 heavy (non-hydrogen) atoms. The normalized spacial score (nSPS) is 29.3. The van der Waals surface area contributed by atoms with Gasteiger partial charge >= 0.3 is 0 Å². The van der Waals surface area contributed by atoms with Gasteiger partial charge in [0.2, 0.25) is 0 Å². The van der Waals surface area contributed by atoms with Crippen LogP contribution in [0.5, 0.6) is 0 Å². The fourth-order valence-corrected chi connectivity index (χ4v) is 3.94. The fraction of sp³-hybridized carbons (Fsp3) is 1.00. The second-order valence-electron chi connectivity index (χ2n) is 8.22. The first-order valence-electron chi connectivity index (χ1n) is 8.24. The second-order valence-corrected chi connectivity index (χ2v) is 8.22. The van der Waals surface area contributed by atoms with Gasteiger partial charge in [0.25, 0.3) is 0 Å². The van der Waals surface area contributed by atoms with Crippen molar-refractivity contribution in [1.29, 1.82) is 0 Å². The highest BCUT2D eigenvalue weighted by Gasteiger charge is 2.33. The SMILES string of the molecule is CC1CCC(C(C)CC(C)(C)C(C)C(C)C)CC1. The van der Waals surface area contributed by atoms with Crippen LogP contribution in [0.2, 0.25) is 0 Å². The van der Waals surface area contributed by atoms with Crippen molar-refractivity contribution in [2.75, 3.05) is 0 Å². The Hall–Kier alpha value is 0. The van der Waals surface area contributed by atoms with E-state index in [1.807, 2.05) is 0 Å². The molecule has 0 aromatic rings. The lowest BCUT2D eigenvalue weighted by atomic mass is 9.66. The third kappa shape index (κ3) is 4.28. The number of hydrogen-bond donors (Lipinski definition) is 0. The van der Waals surface area contributed by atoms with Gasteiger partial charge in [0.15, 0.2) is 0 Å². The van der Waals surface area contributed by atoms with E-state index in [2.05, 4.69) is 48.5 Å². The Bertz CT molecular complexity index is 230. The summed E-state index contributed by atoms with van der Waals surface area (Å²) in [5.41, 5.74) is 0.497. The van der Waals surface area contributed by atoms with Crippen molar-refractivity contribution >= 4 is 0 Å². The molecule has 0 aromatic carbocycles. The lowest BCUT2D eigenvalue weighted by Crippen LogP contribution is -2.30. The molecule has 1 rings (SSSR count). The van der Waals surface area contributed by atoms with Gasteiger partial charge in [-0.1, -0.05) is 61.3 Å². The van der Waals surface area contributed by atoms with E-state index >= 15 is 0 Å². The average Bonchev–Trinajstić information content (AvgIpc) is 2.28. The molecule has 0 aromatic heterocycles. The van der Waals surface area contributed by atoms with Crippen LogP contribution >= 0.6 is 0 Å². The van der Waals surface area contributed by atoms with Gasteiger partial charge in [-0.25, -0.2) is 0 Å². The second kappa shape index (κ2) is 6.44. The lowest BCUT2D eigenvalue weighted by Gasteiger charge is -2.40. The van der Waals surface area contributed by atoms with Gasteiger partial charge in [-0.3, -0.25) is 0 Å². The Kier molecular flexibility index (Phi) is 5.74. The molecule has 0 heterocycles. The minimum absolute atomic E-state index is 0.497. The van der Waals surface area contributed by atoms with Gasteiger partial charge in [0, 0.05) is 0 Å². The van der Waals surface area contributed by atoms with Crippen LogP contribution in [-0.4, -0.2) is 0 Å². The van der Waals surface area contributed by atoms with Crippen LogP contribution in [0.25, 0.3) is 0 Å². The minimum Gasteiger partial charge on any atom is -0.0625 e. The molecule has 0 saturated heterocycles. The molecular formula is C18H36. The molecule has 0 amide bonds. The first-order chi connectivity index (χ1) is 8.24. The predicted octanol–water partition coefficient (Wildman–Crippen LogP) is 6.16. The third-order valence-electron chi connectivity index (χ3n) is 5.95. The monoisotopic (exact) mass is 252 g/mol. The van der Waals surface area contributed by atoms with Crippen LogP contribution in [0.15, 0.2) is 0 Å². The van der Waals surface area contributed by atoms with Gasteiger partial charge in [-0.15, -0.1) is 0 Å². The zero-order valence-corrected chi connectivity index (χ0v) is 13.9. The Balaban J connectivity index is 2.50. The van der Waals surface area contributed by atoms with Crippen molar-refractivity contribution < 1.29 is 0 Å². The highest BCUT2D eigenvalue weighted by Crippen LogP contribution is 2.42. The maximum Gasteiger partial charge on any atom is -0.0323 e. The summed E-state index contributed by atoms with van der Waals surface area (Å²) in [7, 11) is 0. The largest absolute Gasteiger partial charge is 0.0625 e. The van der Waals surface area contributed by atoms with E-state index in [9.17, 15) is 0 Å². The molecule has 0 bridgehead atoms. The molecule has 2 unspecified atom stereocenters. The smallest absolute Gasteiger partial charge is 0.0323 e. The van der Waals surface area contributed by atoms with E-state index in [4.69, 9.17) is 0 Å².